The summed E-state index contributed by atoms with van der Waals surface area (Å²) in [6, 6.07) is 16.6. The van der Waals surface area contributed by atoms with Crippen molar-refractivity contribution in [2.24, 2.45) is 0 Å². The van der Waals surface area contributed by atoms with E-state index in [1.54, 1.807) is 12.4 Å². The summed E-state index contributed by atoms with van der Waals surface area (Å²) in [5.74, 6) is 0.890. The van der Waals surface area contributed by atoms with Crippen LogP contribution in [0.4, 0.5) is 5.82 Å². The minimum absolute atomic E-state index is 0.0601. The highest BCUT2D eigenvalue weighted by Gasteiger charge is 2.26. The minimum atomic E-state index is -0.295. The standard InChI is InChI=1S/C23H19N5O2/c1-2-16(28-13-27-19-22(24)25-12-26-23(19)28)21-18(14-8-4-3-5-9-14)20(29)15-10-6-7-11-17(15)30-21/h3-13,16H,2H2,1H3,(H2,24,25,26). The molecule has 0 aliphatic rings. The summed E-state index contributed by atoms with van der Waals surface area (Å²) in [5, 5.41) is 0.553. The minimum Gasteiger partial charge on any atom is -0.458 e. The zero-order chi connectivity index (χ0) is 20.7. The maximum atomic E-state index is 13.5. The lowest BCUT2D eigenvalue weighted by atomic mass is 9.97. The number of aromatic nitrogens is 4. The molecule has 0 saturated carbocycles. The Kier molecular flexibility index (Phi) is 4.28. The molecule has 0 radical (unpaired) electrons. The van der Waals surface area contributed by atoms with Gasteiger partial charge in [0.2, 0.25) is 5.43 Å². The number of imidazole rings is 1. The highest BCUT2D eigenvalue weighted by atomic mass is 16.3. The Morgan fingerprint density at radius 2 is 1.80 bits per heavy atom. The van der Waals surface area contributed by atoms with E-state index >= 15 is 0 Å². The van der Waals surface area contributed by atoms with Crippen LogP contribution in [0.5, 0.6) is 0 Å². The van der Waals surface area contributed by atoms with E-state index in [-0.39, 0.29) is 11.5 Å². The third kappa shape index (κ3) is 2.75. The Balaban J connectivity index is 1.84. The third-order valence-corrected chi connectivity index (χ3v) is 5.30. The lowest BCUT2D eigenvalue weighted by Crippen LogP contribution is -2.16. The van der Waals surface area contributed by atoms with Crippen LogP contribution >= 0.6 is 0 Å². The number of fused-ring (bicyclic) bond motifs is 2. The number of para-hydroxylation sites is 1. The van der Waals surface area contributed by atoms with E-state index in [0.29, 0.717) is 45.7 Å². The Morgan fingerprint density at radius 1 is 1.03 bits per heavy atom. The quantitative estimate of drug-likeness (QED) is 0.488. The second kappa shape index (κ2) is 7.11. The topological polar surface area (TPSA) is 99.8 Å². The molecule has 0 bridgehead atoms. The molecule has 3 heterocycles. The normalized spacial score (nSPS) is 12.4. The molecule has 2 N–H and O–H groups in total. The summed E-state index contributed by atoms with van der Waals surface area (Å²) in [5.41, 5.74) is 8.94. The van der Waals surface area contributed by atoms with Crippen LogP contribution in [0.1, 0.15) is 25.1 Å². The molecule has 2 aromatic carbocycles. The molecule has 0 saturated heterocycles. The number of hydrogen-bond acceptors (Lipinski definition) is 6. The monoisotopic (exact) mass is 397 g/mol. The fraction of sp³-hybridized carbons (Fsp3) is 0.130. The van der Waals surface area contributed by atoms with Gasteiger partial charge in [-0.05, 0) is 24.1 Å². The van der Waals surface area contributed by atoms with Crippen molar-refractivity contribution in [2.45, 2.75) is 19.4 Å². The molecule has 7 nitrogen and oxygen atoms in total. The maximum absolute atomic E-state index is 13.5. The van der Waals surface area contributed by atoms with E-state index in [2.05, 4.69) is 15.0 Å². The number of hydrogen-bond donors (Lipinski definition) is 1. The summed E-state index contributed by atoms with van der Waals surface area (Å²) in [4.78, 5) is 26.3. The van der Waals surface area contributed by atoms with Crippen molar-refractivity contribution >= 4 is 28.0 Å². The van der Waals surface area contributed by atoms with Crippen LogP contribution < -0.4 is 11.2 Å². The highest BCUT2D eigenvalue weighted by molar-refractivity contribution is 5.84. The Morgan fingerprint density at radius 3 is 2.60 bits per heavy atom. The van der Waals surface area contributed by atoms with Crippen LogP contribution in [0.25, 0.3) is 33.3 Å². The summed E-state index contributed by atoms with van der Waals surface area (Å²) < 4.78 is 8.26. The van der Waals surface area contributed by atoms with Crippen LogP contribution in [-0.4, -0.2) is 19.5 Å². The average molecular weight is 397 g/mol. The van der Waals surface area contributed by atoms with Gasteiger partial charge >= 0.3 is 0 Å². The van der Waals surface area contributed by atoms with Crippen LogP contribution in [0.15, 0.2) is 76.5 Å². The predicted octanol–water partition coefficient (Wildman–Crippen LogP) is 4.18. The zero-order valence-electron chi connectivity index (χ0n) is 16.3. The average Bonchev–Trinajstić information content (AvgIpc) is 3.20. The number of rotatable bonds is 4. The Labute approximate surface area is 171 Å². The molecule has 5 aromatic rings. The largest absolute Gasteiger partial charge is 0.458 e. The van der Waals surface area contributed by atoms with E-state index < -0.39 is 0 Å². The summed E-state index contributed by atoms with van der Waals surface area (Å²) in [6.45, 7) is 2.03. The van der Waals surface area contributed by atoms with Gasteiger partial charge in [0, 0.05) is 0 Å². The van der Waals surface area contributed by atoms with Crippen molar-refractivity contribution in [3.05, 3.63) is 83.2 Å². The van der Waals surface area contributed by atoms with Gasteiger partial charge in [0.05, 0.1) is 23.3 Å². The van der Waals surface area contributed by atoms with E-state index in [0.717, 1.165) is 5.56 Å². The molecule has 5 rings (SSSR count). The molecule has 0 amide bonds. The fourth-order valence-electron chi connectivity index (χ4n) is 3.88. The van der Waals surface area contributed by atoms with E-state index in [4.69, 9.17) is 10.2 Å². The zero-order valence-corrected chi connectivity index (χ0v) is 16.3. The second-order valence-electron chi connectivity index (χ2n) is 7.04. The summed E-state index contributed by atoms with van der Waals surface area (Å²) in [6.07, 6.45) is 3.75. The van der Waals surface area contributed by atoms with Crippen molar-refractivity contribution < 1.29 is 4.42 Å². The number of nitrogens with zero attached hydrogens (tertiary/aromatic N) is 4. The lowest BCUT2D eigenvalue weighted by molar-refractivity contribution is 0.438. The molecular weight excluding hydrogens is 378 g/mol. The van der Waals surface area contributed by atoms with Crippen molar-refractivity contribution in [1.29, 1.82) is 0 Å². The number of nitrogen functional groups attached to an aromatic ring is 1. The molecule has 148 valence electrons. The smallest absolute Gasteiger partial charge is 0.200 e. The fourth-order valence-corrected chi connectivity index (χ4v) is 3.88. The molecule has 30 heavy (non-hydrogen) atoms. The van der Waals surface area contributed by atoms with E-state index in [9.17, 15) is 4.79 Å². The first-order chi connectivity index (χ1) is 14.7. The Bertz CT molecular complexity index is 1420. The molecule has 3 aromatic heterocycles. The van der Waals surface area contributed by atoms with Crippen molar-refractivity contribution in [1.82, 2.24) is 19.5 Å². The van der Waals surface area contributed by atoms with Gasteiger partial charge in [0.15, 0.2) is 11.5 Å². The van der Waals surface area contributed by atoms with Gasteiger partial charge in [-0.25, -0.2) is 15.0 Å². The molecule has 0 spiro atoms. The first-order valence-electron chi connectivity index (χ1n) is 9.73. The van der Waals surface area contributed by atoms with Crippen LogP contribution in [-0.2, 0) is 0 Å². The van der Waals surface area contributed by atoms with Gasteiger partial charge in [-0.2, -0.15) is 0 Å². The highest BCUT2D eigenvalue weighted by Crippen LogP contribution is 2.34. The molecule has 0 fully saturated rings. The van der Waals surface area contributed by atoms with E-state index in [1.807, 2.05) is 60.0 Å². The van der Waals surface area contributed by atoms with Gasteiger partial charge in [-0.3, -0.25) is 4.79 Å². The van der Waals surface area contributed by atoms with Gasteiger partial charge in [0.1, 0.15) is 23.2 Å². The first-order valence-corrected chi connectivity index (χ1v) is 9.73. The molecule has 0 aliphatic heterocycles. The van der Waals surface area contributed by atoms with E-state index in [1.165, 1.54) is 6.33 Å². The molecular formula is C23H19N5O2. The molecule has 1 unspecified atom stereocenters. The first kappa shape index (κ1) is 18.1. The third-order valence-electron chi connectivity index (χ3n) is 5.30. The summed E-state index contributed by atoms with van der Waals surface area (Å²) >= 11 is 0. The van der Waals surface area contributed by atoms with Gasteiger partial charge in [-0.1, -0.05) is 49.4 Å². The van der Waals surface area contributed by atoms with Gasteiger partial charge < -0.3 is 14.7 Å². The second-order valence-corrected chi connectivity index (χ2v) is 7.04. The van der Waals surface area contributed by atoms with Crippen LogP contribution in [0.2, 0.25) is 0 Å². The number of nitrogens with two attached hydrogens (primary N) is 1. The number of anilines is 1. The predicted molar refractivity (Wildman–Crippen MR) is 116 cm³/mol. The maximum Gasteiger partial charge on any atom is 0.200 e. The SMILES string of the molecule is CCC(c1oc2ccccc2c(=O)c1-c1ccccc1)n1cnc2c(N)ncnc21. The molecule has 0 aliphatic carbocycles. The van der Waals surface area contributed by atoms with Gasteiger partial charge in [0.25, 0.3) is 0 Å². The number of benzene rings is 2. The lowest BCUT2D eigenvalue weighted by Gasteiger charge is -2.20. The Hall–Kier alpha value is -4.00. The van der Waals surface area contributed by atoms with Crippen LogP contribution in [0, 0.1) is 0 Å². The molecule has 7 heteroatoms. The van der Waals surface area contributed by atoms with Crippen molar-refractivity contribution in [2.75, 3.05) is 5.73 Å². The van der Waals surface area contributed by atoms with Crippen molar-refractivity contribution in [3.63, 3.8) is 0 Å². The van der Waals surface area contributed by atoms with Crippen molar-refractivity contribution in [3.8, 4) is 11.1 Å². The summed E-state index contributed by atoms with van der Waals surface area (Å²) in [7, 11) is 0. The molecule has 1 atom stereocenters. The van der Waals surface area contributed by atoms with Crippen LogP contribution in [0.3, 0.4) is 0 Å². The van der Waals surface area contributed by atoms with Gasteiger partial charge in [-0.15, -0.1) is 0 Å².